The van der Waals surface area contributed by atoms with Crippen LogP contribution in [-0.4, -0.2) is 13.3 Å². The van der Waals surface area contributed by atoms with Gasteiger partial charge in [0.25, 0.3) is 0 Å². The van der Waals surface area contributed by atoms with Gasteiger partial charge in [0.15, 0.2) is 0 Å². The van der Waals surface area contributed by atoms with Gasteiger partial charge in [-0.25, -0.2) is 0 Å². The van der Waals surface area contributed by atoms with Crippen LogP contribution in [0, 0.1) is 0 Å². The Balaban J connectivity index is 0.000000500. The van der Waals surface area contributed by atoms with E-state index in [0.29, 0.717) is 0 Å². The van der Waals surface area contributed by atoms with Crippen LogP contribution in [0.4, 0.5) is 0 Å². The van der Waals surface area contributed by atoms with E-state index in [9.17, 15) is 0 Å². The highest BCUT2D eigenvalue weighted by atomic mass is 14.6. The van der Waals surface area contributed by atoms with E-state index in [1.54, 1.807) is 6.08 Å². The zero-order valence-electron chi connectivity index (χ0n) is 9.11. The molecular formula is C13H19N. The number of rotatable bonds is 3. The van der Waals surface area contributed by atoms with E-state index in [4.69, 9.17) is 0 Å². The van der Waals surface area contributed by atoms with E-state index < -0.39 is 0 Å². The first kappa shape index (κ1) is 12.6. The minimum absolute atomic E-state index is 1.04. The average molecular weight is 189 g/mol. The van der Waals surface area contributed by atoms with Gasteiger partial charge in [-0.2, -0.15) is 0 Å². The molecule has 1 aromatic carbocycles. The maximum absolute atomic E-state index is 3.93. The Labute approximate surface area is 87.2 Å². The first-order chi connectivity index (χ1) is 6.85. The molecule has 0 radical (unpaired) electrons. The summed E-state index contributed by atoms with van der Waals surface area (Å²) in [4.78, 5) is 3.93. The van der Waals surface area contributed by atoms with Crippen LogP contribution in [0.3, 0.4) is 0 Å². The average Bonchev–Trinajstić information content (AvgIpc) is 2.21. The fourth-order valence-corrected chi connectivity index (χ4v) is 1.00. The third-order valence-corrected chi connectivity index (χ3v) is 1.59. The fourth-order valence-electron chi connectivity index (χ4n) is 1.00. The molecule has 14 heavy (non-hydrogen) atoms. The van der Waals surface area contributed by atoms with Gasteiger partial charge in [0.1, 0.15) is 0 Å². The number of aryl methyl sites for hydroxylation is 1. The summed E-state index contributed by atoms with van der Waals surface area (Å²) in [5.74, 6) is 0. The van der Waals surface area contributed by atoms with Crippen molar-refractivity contribution in [1.29, 1.82) is 0 Å². The van der Waals surface area contributed by atoms with E-state index in [0.717, 1.165) is 12.8 Å². The third kappa shape index (κ3) is 7.29. The number of hydrogen-bond acceptors (Lipinski definition) is 1. The number of allylic oxidation sites excluding steroid dienone is 1. The smallest absolute Gasteiger partial charge is 0.0273 e. The van der Waals surface area contributed by atoms with E-state index in [1.807, 2.05) is 26.3 Å². The lowest BCUT2D eigenvalue weighted by atomic mass is 10.1. The predicted molar refractivity (Wildman–Crippen MR) is 65.1 cm³/mol. The van der Waals surface area contributed by atoms with Crippen molar-refractivity contribution >= 4 is 6.21 Å². The van der Waals surface area contributed by atoms with Crippen LogP contribution in [-0.2, 0) is 6.42 Å². The van der Waals surface area contributed by atoms with Crippen molar-refractivity contribution in [2.45, 2.75) is 19.8 Å². The molecule has 0 unspecified atom stereocenters. The van der Waals surface area contributed by atoms with Crippen molar-refractivity contribution in [3.63, 3.8) is 0 Å². The van der Waals surface area contributed by atoms with Gasteiger partial charge in [-0.1, -0.05) is 36.4 Å². The largest absolute Gasteiger partial charge is 0.301 e. The highest BCUT2D eigenvalue weighted by Crippen LogP contribution is 2.00. The Morgan fingerprint density at radius 2 is 1.86 bits per heavy atom. The fraction of sp³-hybridized carbons (Fsp3) is 0.308. The van der Waals surface area contributed by atoms with Crippen molar-refractivity contribution in [1.82, 2.24) is 0 Å². The molecule has 0 aromatic heterocycles. The number of aliphatic imine (C=N–C) groups is 1. The molecule has 0 saturated heterocycles. The number of hydrogen-bond donors (Lipinski definition) is 0. The highest BCUT2D eigenvalue weighted by Gasteiger charge is 1.86. The summed E-state index contributed by atoms with van der Waals surface area (Å²) in [6.07, 6.45) is 5.84. The summed E-state index contributed by atoms with van der Waals surface area (Å²) in [6, 6.07) is 10.5. The minimum atomic E-state index is 1.04. The second-order valence-corrected chi connectivity index (χ2v) is 2.87. The lowest BCUT2D eigenvalue weighted by Crippen LogP contribution is -1.84. The summed E-state index contributed by atoms with van der Waals surface area (Å²) < 4.78 is 0. The van der Waals surface area contributed by atoms with Crippen molar-refractivity contribution in [2.24, 2.45) is 4.99 Å². The van der Waals surface area contributed by atoms with Gasteiger partial charge < -0.3 is 4.99 Å². The van der Waals surface area contributed by atoms with Crippen LogP contribution in [0.2, 0.25) is 0 Å². The molecule has 0 fully saturated rings. The van der Waals surface area contributed by atoms with Gasteiger partial charge >= 0.3 is 0 Å². The lowest BCUT2D eigenvalue weighted by molar-refractivity contribution is 1.05. The van der Waals surface area contributed by atoms with Crippen molar-refractivity contribution in [3.05, 3.63) is 48.6 Å². The topological polar surface area (TPSA) is 12.4 Å². The lowest BCUT2D eigenvalue weighted by Gasteiger charge is -1.94. The Hall–Kier alpha value is -1.37. The van der Waals surface area contributed by atoms with Crippen molar-refractivity contribution < 1.29 is 0 Å². The maximum atomic E-state index is 3.93. The van der Waals surface area contributed by atoms with Gasteiger partial charge in [-0.15, -0.1) is 6.58 Å². The molecule has 1 aromatic rings. The van der Waals surface area contributed by atoms with E-state index in [1.165, 1.54) is 5.56 Å². The molecule has 0 saturated carbocycles. The number of benzene rings is 1. The van der Waals surface area contributed by atoms with Crippen LogP contribution in [0.1, 0.15) is 18.9 Å². The van der Waals surface area contributed by atoms with Crippen LogP contribution >= 0.6 is 0 Å². The maximum Gasteiger partial charge on any atom is 0.0273 e. The van der Waals surface area contributed by atoms with Crippen molar-refractivity contribution in [2.75, 3.05) is 7.05 Å². The summed E-state index contributed by atoms with van der Waals surface area (Å²) in [5, 5.41) is 0. The summed E-state index contributed by atoms with van der Waals surface area (Å²) in [7, 11) is 1.81. The van der Waals surface area contributed by atoms with Crippen LogP contribution in [0.25, 0.3) is 0 Å². The quantitative estimate of drug-likeness (QED) is 0.509. The second-order valence-electron chi connectivity index (χ2n) is 2.87. The second kappa shape index (κ2) is 9.72. The monoisotopic (exact) mass is 189 g/mol. The third-order valence-electron chi connectivity index (χ3n) is 1.59. The molecule has 0 heterocycles. The summed E-state index contributed by atoms with van der Waals surface area (Å²) >= 11 is 0. The van der Waals surface area contributed by atoms with E-state index in [-0.39, 0.29) is 0 Å². The molecule has 1 nitrogen and oxygen atoms in total. The molecule has 0 atom stereocenters. The summed E-state index contributed by atoms with van der Waals surface area (Å²) in [5.41, 5.74) is 1.38. The molecule has 0 aliphatic heterocycles. The molecule has 1 rings (SSSR count). The van der Waals surface area contributed by atoms with Gasteiger partial charge in [0.05, 0.1) is 0 Å². The van der Waals surface area contributed by atoms with Crippen LogP contribution < -0.4 is 0 Å². The molecule has 0 bridgehead atoms. The van der Waals surface area contributed by atoms with Gasteiger partial charge in [-0.3, -0.25) is 0 Å². The molecule has 0 aliphatic rings. The highest BCUT2D eigenvalue weighted by molar-refractivity contribution is 5.57. The zero-order valence-corrected chi connectivity index (χ0v) is 9.11. The van der Waals surface area contributed by atoms with Gasteiger partial charge in [0, 0.05) is 7.05 Å². The molecular weight excluding hydrogens is 170 g/mol. The van der Waals surface area contributed by atoms with E-state index in [2.05, 4.69) is 35.8 Å². The Morgan fingerprint density at radius 1 is 1.29 bits per heavy atom. The van der Waals surface area contributed by atoms with Crippen LogP contribution in [0.15, 0.2) is 48.0 Å². The molecule has 76 valence electrons. The first-order valence-electron chi connectivity index (χ1n) is 4.86. The molecule has 0 aliphatic carbocycles. The molecule has 0 N–H and O–H groups in total. The van der Waals surface area contributed by atoms with Gasteiger partial charge in [-0.05, 0) is 31.5 Å². The first-order valence-corrected chi connectivity index (χ1v) is 4.86. The molecule has 0 spiro atoms. The van der Waals surface area contributed by atoms with Gasteiger partial charge in [0.2, 0.25) is 0 Å². The zero-order chi connectivity index (χ0) is 10.6. The normalized spacial score (nSPS) is 9.29. The molecule has 1 heteroatoms. The number of nitrogens with zero attached hydrogens (tertiary/aromatic N) is 1. The Bertz CT molecular complexity index is 249. The standard InChI is InChI=1S/C10H13N.C3H6/c1-11-9-5-8-10-6-3-2-4-7-10;1-3-2/h2-4,6-7,9H,5,8H2,1H3;3H,1H2,2H3. The Morgan fingerprint density at radius 3 is 2.36 bits per heavy atom. The van der Waals surface area contributed by atoms with Crippen LogP contribution in [0.5, 0.6) is 0 Å². The van der Waals surface area contributed by atoms with E-state index >= 15 is 0 Å². The van der Waals surface area contributed by atoms with Crippen molar-refractivity contribution in [3.8, 4) is 0 Å². The SMILES string of the molecule is C=CC.CN=CCCc1ccccc1. The Kier molecular flexibility index (Phi) is 8.77. The summed E-state index contributed by atoms with van der Waals surface area (Å²) in [6.45, 7) is 5.25. The molecule has 0 amide bonds. The predicted octanol–water partition coefficient (Wildman–Crippen LogP) is 3.51. The minimum Gasteiger partial charge on any atom is -0.301 e.